The van der Waals surface area contributed by atoms with Gasteiger partial charge in [-0.3, -0.25) is 0 Å². The highest BCUT2D eigenvalue weighted by Gasteiger charge is 2.35. The highest BCUT2D eigenvalue weighted by Crippen LogP contribution is 2.18. The molecule has 0 amide bonds. The number of benzene rings is 3. The third-order valence-electron chi connectivity index (χ3n) is 4.39. The van der Waals surface area contributed by atoms with Crippen molar-refractivity contribution in [3.8, 4) is 0 Å². The van der Waals surface area contributed by atoms with Crippen molar-refractivity contribution < 1.29 is 22.0 Å². The topological polar surface area (TPSA) is 3.24 Å². The summed E-state index contributed by atoms with van der Waals surface area (Å²) in [7, 11) is 3.47. The number of anilines is 1. The zero-order valence-corrected chi connectivity index (χ0v) is 14.6. The third-order valence-corrected chi connectivity index (χ3v) is 4.39. The summed E-state index contributed by atoms with van der Waals surface area (Å²) in [6, 6.07) is 14.9. The molecule has 3 aromatic rings. The fourth-order valence-electron chi connectivity index (χ4n) is 3.16. The molecule has 138 valence electrons. The van der Waals surface area contributed by atoms with Crippen molar-refractivity contribution in [3.05, 3.63) is 83.7 Å². The Labute approximate surface area is 154 Å². The summed E-state index contributed by atoms with van der Waals surface area (Å²) in [5, 5.41) is 0. The van der Waals surface area contributed by atoms with E-state index in [9.17, 15) is 22.0 Å². The van der Waals surface area contributed by atoms with Crippen LogP contribution in [0.5, 0.6) is 0 Å². The second-order valence-electron chi connectivity index (χ2n) is 6.28. The quantitative estimate of drug-likeness (QED) is 0.293. The average Bonchev–Trinajstić information content (AvgIpc) is 2.69. The minimum absolute atomic E-state index is 0.412. The van der Waals surface area contributed by atoms with Crippen molar-refractivity contribution in [2.24, 2.45) is 0 Å². The lowest BCUT2D eigenvalue weighted by molar-refractivity contribution is 0.384. The predicted octanol–water partition coefficient (Wildman–Crippen LogP) is 2.96. The first-order valence-electron chi connectivity index (χ1n) is 8.17. The van der Waals surface area contributed by atoms with Gasteiger partial charge < -0.3 is 4.90 Å². The van der Waals surface area contributed by atoms with E-state index < -0.39 is 41.3 Å². The summed E-state index contributed by atoms with van der Waals surface area (Å²) in [5.74, 6) is -9.72. The van der Waals surface area contributed by atoms with Crippen LogP contribution in [0.15, 0.2) is 54.6 Å². The van der Waals surface area contributed by atoms with Gasteiger partial charge in [0.1, 0.15) is 0 Å². The van der Waals surface area contributed by atoms with E-state index in [4.69, 9.17) is 0 Å². The molecule has 27 heavy (non-hydrogen) atoms. The summed E-state index contributed by atoms with van der Waals surface area (Å²) in [6.45, 7) is -1.17. The van der Waals surface area contributed by atoms with Crippen LogP contribution in [-0.2, 0) is 0 Å². The first-order chi connectivity index (χ1) is 12.8. The third kappa shape index (κ3) is 3.29. The SMILES string of the molecule is CN(C)c1ccccc1B(c1ccccc1)c1c(F)c(F)c(F)c(F)c1F. The summed E-state index contributed by atoms with van der Waals surface area (Å²) < 4.78 is 70.5. The van der Waals surface area contributed by atoms with E-state index in [0.29, 0.717) is 16.6 Å². The molecule has 0 spiro atoms. The van der Waals surface area contributed by atoms with Crippen molar-refractivity contribution in [2.75, 3.05) is 19.0 Å². The number of nitrogens with zero attached hydrogens (tertiary/aromatic N) is 1. The van der Waals surface area contributed by atoms with Crippen LogP contribution in [0.3, 0.4) is 0 Å². The van der Waals surface area contributed by atoms with Crippen molar-refractivity contribution in [1.29, 1.82) is 0 Å². The maximum absolute atomic E-state index is 14.6. The first-order valence-corrected chi connectivity index (χ1v) is 8.17. The van der Waals surface area contributed by atoms with Gasteiger partial charge in [-0.05, 0) is 11.5 Å². The molecule has 1 nitrogen and oxygen atoms in total. The van der Waals surface area contributed by atoms with Gasteiger partial charge in [0.2, 0.25) is 0 Å². The van der Waals surface area contributed by atoms with Crippen molar-refractivity contribution in [3.63, 3.8) is 0 Å². The molecule has 0 aliphatic carbocycles. The molecule has 7 heteroatoms. The van der Waals surface area contributed by atoms with Crippen molar-refractivity contribution in [1.82, 2.24) is 0 Å². The molecule has 0 heterocycles. The van der Waals surface area contributed by atoms with Gasteiger partial charge in [0.25, 0.3) is 6.71 Å². The zero-order valence-electron chi connectivity index (χ0n) is 14.6. The number of hydrogen-bond acceptors (Lipinski definition) is 1. The van der Waals surface area contributed by atoms with Crippen LogP contribution in [0.4, 0.5) is 27.6 Å². The Balaban J connectivity index is 2.39. The molecular weight excluding hydrogens is 360 g/mol. The molecule has 0 bridgehead atoms. The summed E-state index contributed by atoms with van der Waals surface area (Å²) in [5.41, 5.74) is 0.578. The Morgan fingerprint density at radius 2 is 1.11 bits per heavy atom. The Kier molecular flexibility index (Phi) is 5.21. The van der Waals surface area contributed by atoms with E-state index in [1.807, 2.05) is 0 Å². The van der Waals surface area contributed by atoms with Gasteiger partial charge >= 0.3 is 0 Å². The molecule has 0 aliphatic rings. The Hall–Kier alpha value is -2.83. The van der Waals surface area contributed by atoms with Gasteiger partial charge in [-0.25, -0.2) is 22.0 Å². The molecule has 0 radical (unpaired) electrons. The zero-order chi connectivity index (χ0) is 19.7. The lowest BCUT2D eigenvalue weighted by atomic mass is 9.36. The van der Waals surface area contributed by atoms with E-state index >= 15 is 0 Å². The van der Waals surface area contributed by atoms with Crippen LogP contribution < -0.4 is 21.3 Å². The minimum atomic E-state index is -2.17. The second-order valence-corrected chi connectivity index (χ2v) is 6.28. The van der Waals surface area contributed by atoms with Gasteiger partial charge in [-0.1, -0.05) is 54.0 Å². The Bertz CT molecular complexity index is 947. The standard InChI is InChI=1S/C20H15BF5N/c1-27(2)14-11-7-6-10-13(14)21(12-8-4-3-5-9-12)15-16(22)18(24)20(26)19(25)17(15)23/h3-11H,1-2H3. The average molecular weight is 375 g/mol. The predicted molar refractivity (Wildman–Crippen MR) is 98.1 cm³/mol. The monoisotopic (exact) mass is 375 g/mol. The fraction of sp³-hybridized carbons (Fsp3) is 0.100. The number of para-hydroxylation sites is 1. The highest BCUT2D eigenvalue weighted by molar-refractivity contribution is 6.96. The molecule has 3 aromatic carbocycles. The molecule has 0 fully saturated rings. The van der Waals surface area contributed by atoms with E-state index in [2.05, 4.69) is 0 Å². The maximum Gasteiger partial charge on any atom is 0.251 e. The second kappa shape index (κ2) is 7.43. The van der Waals surface area contributed by atoms with Crippen LogP contribution in [0.2, 0.25) is 0 Å². The van der Waals surface area contributed by atoms with Gasteiger partial charge in [-0.15, -0.1) is 0 Å². The van der Waals surface area contributed by atoms with Gasteiger partial charge in [0, 0.05) is 25.2 Å². The van der Waals surface area contributed by atoms with Gasteiger partial charge in [0.05, 0.1) is 0 Å². The molecule has 0 aliphatic heterocycles. The summed E-state index contributed by atoms with van der Waals surface area (Å²) in [4.78, 5) is 1.72. The molecule has 3 rings (SSSR count). The summed E-state index contributed by atoms with van der Waals surface area (Å²) >= 11 is 0. The molecule has 0 saturated heterocycles. The van der Waals surface area contributed by atoms with Crippen molar-refractivity contribution >= 4 is 28.8 Å². The van der Waals surface area contributed by atoms with Crippen LogP contribution in [0, 0.1) is 29.1 Å². The van der Waals surface area contributed by atoms with E-state index in [1.54, 1.807) is 73.6 Å². The lowest BCUT2D eigenvalue weighted by Crippen LogP contribution is -2.56. The lowest BCUT2D eigenvalue weighted by Gasteiger charge is -2.24. The first kappa shape index (κ1) is 19.0. The van der Waals surface area contributed by atoms with Gasteiger partial charge in [0.15, 0.2) is 29.1 Å². The number of hydrogen-bond donors (Lipinski definition) is 0. The maximum atomic E-state index is 14.6. The largest absolute Gasteiger partial charge is 0.378 e. The number of rotatable bonds is 4. The normalized spacial score (nSPS) is 10.8. The minimum Gasteiger partial charge on any atom is -0.378 e. The molecule has 0 aromatic heterocycles. The van der Waals surface area contributed by atoms with Crippen molar-refractivity contribution in [2.45, 2.75) is 0 Å². The Morgan fingerprint density at radius 3 is 1.67 bits per heavy atom. The van der Waals surface area contributed by atoms with E-state index in [-0.39, 0.29) is 0 Å². The number of halogens is 5. The van der Waals surface area contributed by atoms with Gasteiger partial charge in [-0.2, -0.15) is 0 Å². The van der Waals surface area contributed by atoms with Crippen LogP contribution >= 0.6 is 0 Å². The molecule has 0 atom stereocenters. The fourth-order valence-corrected chi connectivity index (χ4v) is 3.16. The Morgan fingerprint density at radius 1 is 0.630 bits per heavy atom. The summed E-state index contributed by atoms with van der Waals surface area (Å²) in [6.07, 6.45) is 0. The molecule has 0 unspecified atom stereocenters. The smallest absolute Gasteiger partial charge is 0.251 e. The highest BCUT2D eigenvalue weighted by atomic mass is 19.2. The van der Waals surface area contributed by atoms with Crippen LogP contribution in [0.1, 0.15) is 0 Å². The molecule has 0 N–H and O–H groups in total. The molecule has 0 saturated carbocycles. The van der Waals surface area contributed by atoms with E-state index in [0.717, 1.165) is 0 Å². The molecular formula is C20H15BF5N. The van der Waals surface area contributed by atoms with Crippen LogP contribution in [-0.4, -0.2) is 20.8 Å². The van der Waals surface area contributed by atoms with Crippen LogP contribution in [0.25, 0.3) is 0 Å². The van der Waals surface area contributed by atoms with E-state index in [1.165, 1.54) is 0 Å².